The Morgan fingerprint density at radius 1 is 1.06 bits per heavy atom. The molecule has 0 aromatic rings. The first kappa shape index (κ1) is 15.8. The van der Waals surface area contributed by atoms with Crippen LogP contribution in [0.5, 0.6) is 0 Å². The van der Waals surface area contributed by atoms with E-state index in [0.29, 0.717) is 39.5 Å². The molecule has 0 rings (SSSR count). The second-order valence-corrected chi connectivity index (χ2v) is 5.22. The Balaban J connectivity index is 3.05. The summed E-state index contributed by atoms with van der Waals surface area (Å²) in [6.07, 6.45) is 2.76. The second kappa shape index (κ2) is 9.98. The predicted molar refractivity (Wildman–Crippen MR) is 62.8 cm³/mol. The van der Waals surface area contributed by atoms with Gasteiger partial charge in [0.05, 0.1) is 26.1 Å². The molecular formula is C9H22N2O4S. The van der Waals surface area contributed by atoms with Crippen molar-refractivity contribution in [1.29, 1.82) is 0 Å². The molecule has 7 heteroatoms. The molecule has 0 saturated heterocycles. The molecule has 0 aliphatic heterocycles. The highest BCUT2D eigenvalue weighted by Gasteiger charge is 1.98. The summed E-state index contributed by atoms with van der Waals surface area (Å²) in [6.45, 7) is 3.28. The highest BCUT2D eigenvalue weighted by Crippen LogP contribution is 1.90. The van der Waals surface area contributed by atoms with Gasteiger partial charge in [-0.05, 0) is 12.8 Å². The lowest BCUT2D eigenvalue weighted by molar-refractivity contribution is 0.0494. The Morgan fingerprint density at radius 3 is 2.25 bits per heavy atom. The maximum Gasteiger partial charge on any atom is 0.208 e. The Bertz CT molecular complexity index is 244. The molecule has 16 heavy (non-hydrogen) atoms. The third kappa shape index (κ3) is 13.8. The van der Waals surface area contributed by atoms with Gasteiger partial charge in [0.15, 0.2) is 0 Å². The fourth-order valence-corrected chi connectivity index (χ4v) is 1.51. The summed E-state index contributed by atoms with van der Waals surface area (Å²) >= 11 is 0. The van der Waals surface area contributed by atoms with Crippen LogP contribution in [0.1, 0.15) is 12.8 Å². The average Bonchev–Trinajstić information content (AvgIpc) is 2.19. The van der Waals surface area contributed by atoms with Gasteiger partial charge in [-0.15, -0.1) is 0 Å². The van der Waals surface area contributed by atoms with E-state index in [2.05, 4.69) is 4.72 Å². The monoisotopic (exact) mass is 254 g/mol. The Labute approximate surface area is 97.5 Å². The number of ether oxygens (including phenoxy) is 2. The van der Waals surface area contributed by atoms with Crippen LogP contribution in [0.25, 0.3) is 0 Å². The summed E-state index contributed by atoms with van der Waals surface area (Å²) in [7, 11) is -3.05. The number of nitrogens with one attached hydrogen (secondary N) is 1. The smallest absolute Gasteiger partial charge is 0.208 e. The number of unbranched alkanes of at least 4 members (excludes halogenated alkanes) is 1. The van der Waals surface area contributed by atoms with Gasteiger partial charge >= 0.3 is 0 Å². The second-order valence-electron chi connectivity index (χ2n) is 3.39. The van der Waals surface area contributed by atoms with E-state index in [1.165, 1.54) is 0 Å². The number of sulfonamides is 1. The highest BCUT2D eigenvalue weighted by atomic mass is 32.2. The minimum Gasteiger partial charge on any atom is -0.379 e. The van der Waals surface area contributed by atoms with Crippen molar-refractivity contribution in [1.82, 2.24) is 4.72 Å². The van der Waals surface area contributed by atoms with Crippen molar-refractivity contribution >= 4 is 10.0 Å². The van der Waals surface area contributed by atoms with Gasteiger partial charge in [0.2, 0.25) is 10.0 Å². The summed E-state index contributed by atoms with van der Waals surface area (Å²) in [6, 6.07) is 0. The maximum atomic E-state index is 10.7. The molecule has 0 atom stereocenters. The Kier molecular flexibility index (Phi) is 9.85. The highest BCUT2D eigenvalue weighted by molar-refractivity contribution is 7.88. The fourth-order valence-electron chi connectivity index (χ4n) is 0.992. The van der Waals surface area contributed by atoms with Crippen molar-refractivity contribution in [3.05, 3.63) is 0 Å². The summed E-state index contributed by atoms with van der Waals surface area (Å²) in [5, 5.41) is 0. The molecule has 98 valence electrons. The lowest BCUT2D eigenvalue weighted by Crippen LogP contribution is -2.23. The molecule has 0 spiro atoms. The Morgan fingerprint density at radius 2 is 1.69 bits per heavy atom. The lowest BCUT2D eigenvalue weighted by Gasteiger charge is -2.05. The molecule has 0 bridgehead atoms. The van der Waals surface area contributed by atoms with Gasteiger partial charge < -0.3 is 15.2 Å². The van der Waals surface area contributed by atoms with E-state index in [1.54, 1.807) is 0 Å². The average molecular weight is 254 g/mol. The molecule has 0 radical (unpaired) electrons. The van der Waals surface area contributed by atoms with E-state index in [1.807, 2.05) is 0 Å². The van der Waals surface area contributed by atoms with Crippen LogP contribution in [-0.4, -0.2) is 54.2 Å². The number of hydrogen-bond acceptors (Lipinski definition) is 5. The lowest BCUT2D eigenvalue weighted by atomic mass is 10.3. The topological polar surface area (TPSA) is 90.7 Å². The zero-order valence-corrected chi connectivity index (χ0v) is 10.6. The minimum atomic E-state index is -3.05. The maximum absolute atomic E-state index is 10.7. The molecule has 3 N–H and O–H groups in total. The van der Waals surface area contributed by atoms with Crippen LogP contribution >= 0.6 is 0 Å². The first-order valence-corrected chi connectivity index (χ1v) is 7.25. The van der Waals surface area contributed by atoms with Crippen LogP contribution in [0.2, 0.25) is 0 Å². The summed E-state index contributed by atoms with van der Waals surface area (Å²) in [5.74, 6) is 0. The van der Waals surface area contributed by atoms with E-state index in [-0.39, 0.29) is 0 Å². The molecule has 0 amide bonds. The van der Waals surface area contributed by atoms with E-state index in [9.17, 15) is 8.42 Å². The number of rotatable bonds is 11. The van der Waals surface area contributed by atoms with Crippen molar-refractivity contribution in [2.75, 3.05) is 45.8 Å². The Hall–Kier alpha value is -0.210. The third-order valence-corrected chi connectivity index (χ3v) is 2.44. The molecule has 0 heterocycles. The summed E-state index contributed by atoms with van der Waals surface area (Å²) in [4.78, 5) is 0. The predicted octanol–water partition coefficient (Wildman–Crippen LogP) is -0.692. The van der Waals surface area contributed by atoms with Gasteiger partial charge in [-0.2, -0.15) is 0 Å². The van der Waals surface area contributed by atoms with Crippen LogP contribution in [0, 0.1) is 0 Å². The minimum absolute atomic E-state index is 0.464. The van der Waals surface area contributed by atoms with Crippen LogP contribution in [0.15, 0.2) is 0 Å². The van der Waals surface area contributed by atoms with Crippen molar-refractivity contribution in [2.24, 2.45) is 5.73 Å². The molecule has 0 aliphatic rings. The molecule has 0 unspecified atom stereocenters. The quantitative estimate of drug-likeness (QED) is 0.476. The van der Waals surface area contributed by atoms with Crippen molar-refractivity contribution < 1.29 is 17.9 Å². The van der Waals surface area contributed by atoms with Gasteiger partial charge in [-0.3, -0.25) is 0 Å². The van der Waals surface area contributed by atoms with Crippen molar-refractivity contribution in [3.63, 3.8) is 0 Å². The van der Waals surface area contributed by atoms with Gasteiger partial charge in [0.25, 0.3) is 0 Å². The fraction of sp³-hybridized carbons (Fsp3) is 1.00. The van der Waals surface area contributed by atoms with E-state index in [4.69, 9.17) is 15.2 Å². The van der Waals surface area contributed by atoms with Crippen LogP contribution in [0.3, 0.4) is 0 Å². The molecule has 0 aromatic heterocycles. The van der Waals surface area contributed by atoms with Crippen LogP contribution in [-0.2, 0) is 19.5 Å². The van der Waals surface area contributed by atoms with E-state index in [0.717, 1.165) is 19.1 Å². The zero-order chi connectivity index (χ0) is 12.3. The summed E-state index contributed by atoms with van der Waals surface area (Å²) < 4.78 is 34.2. The van der Waals surface area contributed by atoms with Crippen LogP contribution < -0.4 is 10.5 Å². The SMILES string of the molecule is CS(=O)(=O)NCCCCOCCOCCN. The first-order chi connectivity index (χ1) is 7.56. The van der Waals surface area contributed by atoms with Gasteiger partial charge in [0, 0.05) is 19.7 Å². The van der Waals surface area contributed by atoms with E-state index < -0.39 is 10.0 Å². The largest absolute Gasteiger partial charge is 0.379 e. The number of hydrogen-bond donors (Lipinski definition) is 2. The molecule has 0 fully saturated rings. The molecule has 0 aliphatic carbocycles. The van der Waals surface area contributed by atoms with Crippen molar-refractivity contribution in [3.8, 4) is 0 Å². The van der Waals surface area contributed by atoms with Gasteiger partial charge in [-0.25, -0.2) is 13.1 Å². The normalized spacial score (nSPS) is 11.9. The molecule has 0 aromatic carbocycles. The molecule has 0 saturated carbocycles. The van der Waals surface area contributed by atoms with Crippen LogP contribution in [0.4, 0.5) is 0 Å². The third-order valence-electron chi connectivity index (χ3n) is 1.71. The molecular weight excluding hydrogens is 232 g/mol. The van der Waals surface area contributed by atoms with Crippen molar-refractivity contribution in [2.45, 2.75) is 12.8 Å². The standard InChI is InChI=1S/C9H22N2O4S/c1-16(12,13)11-5-2-3-6-14-8-9-15-7-4-10/h11H,2-10H2,1H3. The zero-order valence-electron chi connectivity index (χ0n) is 9.78. The molecule has 6 nitrogen and oxygen atoms in total. The first-order valence-electron chi connectivity index (χ1n) is 5.36. The van der Waals surface area contributed by atoms with Gasteiger partial charge in [0.1, 0.15) is 0 Å². The van der Waals surface area contributed by atoms with E-state index >= 15 is 0 Å². The number of nitrogens with two attached hydrogens (primary N) is 1. The van der Waals surface area contributed by atoms with Gasteiger partial charge in [-0.1, -0.05) is 0 Å². The summed E-state index contributed by atoms with van der Waals surface area (Å²) in [5.41, 5.74) is 5.24.